The molecular weight excluding hydrogens is 347 g/mol. The lowest BCUT2D eigenvalue weighted by Gasteiger charge is -2.19. The van der Waals surface area contributed by atoms with Crippen LogP contribution >= 0.6 is 0 Å². The Morgan fingerprint density at radius 1 is 1.15 bits per heavy atom. The van der Waals surface area contributed by atoms with Gasteiger partial charge in [0.25, 0.3) is 0 Å². The minimum absolute atomic E-state index is 0.0605. The molecule has 0 unspecified atom stereocenters. The predicted molar refractivity (Wildman–Crippen MR) is 90.9 cm³/mol. The van der Waals surface area contributed by atoms with Gasteiger partial charge < -0.3 is 10.1 Å². The fourth-order valence-electron chi connectivity index (χ4n) is 2.21. The van der Waals surface area contributed by atoms with Crippen molar-refractivity contribution in [3.05, 3.63) is 47.8 Å². The molecule has 0 atom stereocenters. The fourth-order valence-corrected chi connectivity index (χ4v) is 2.21. The van der Waals surface area contributed by atoms with Crippen LogP contribution in [0.3, 0.4) is 0 Å². The molecule has 1 aromatic heterocycles. The highest BCUT2D eigenvalue weighted by Gasteiger charge is 2.33. The van der Waals surface area contributed by atoms with Crippen molar-refractivity contribution in [1.82, 2.24) is 15.1 Å². The number of benzene rings is 1. The highest BCUT2D eigenvalue weighted by atomic mass is 19.4. The molecule has 0 radical (unpaired) electrons. The molecule has 5 nitrogen and oxygen atoms in total. The number of rotatable bonds is 6. The van der Waals surface area contributed by atoms with Gasteiger partial charge in [-0.25, -0.2) is 0 Å². The van der Waals surface area contributed by atoms with E-state index in [9.17, 15) is 18.0 Å². The topological polar surface area (TPSA) is 56.1 Å². The van der Waals surface area contributed by atoms with E-state index in [1.54, 1.807) is 0 Å². The van der Waals surface area contributed by atoms with Crippen LogP contribution in [0.4, 0.5) is 13.2 Å². The van der Waals surface area contributed by atoms with Crippen molar-refractivity contribution in [2.45, 2.75) is 38.9 Å². The van der Waals surface area contributed by atoms with E-state index < -0.39 is 17.8 Å². The summed E-state index contributed by atoms with van der Waals surface area (Å²) < 4.78 is 43.8. The summed E-state index contributed by atoms with van der Waals surface area (Å²) in [6.07, 6.45) is -3.40. The summed E-state index contributed by atoms with van der Waals surface area (Å²) >= 11 is 0. The van der Waals surface area contributed by atoms with Crippen molar-refractivity contribution in [3.63, 3.8) is 0 Å². The minimum atomic E-state index is -4.52. The van der Waals surface area contributed by atoms with E-state index in [4.69, 9.17) is 4.74 Å². The first kappa shape index (κ1) is 19.8. The number of carbonyl (C=O) groups excluding carboxylic acids is 1. The van der Waals surface area contributed by atoms with Crippen molar-refractivity contribution >= 4 is 5.91 Å². The highest BCUT2D eigenvalue weighted by molar-refractivity contribution is 5.75. The minimum Gasteiger partial charge on any atom is -0.492 e. The Morgan fingerprint density at radius 2 is 1.81 bits per heavy atom. The number of aromatic nitrogens is 2. The zero-order chi connectivity index (χ0) is 19.4. The summed E-state index contributed by atoms with van der Waals surface area (Å²) in [6, 6.07) is 8.54. The maximum atomic E-state index is 12.4. The molecule has 0 saturated carbocycles. The molecule has 26 heavy (non-hydrogen) atoms. The quantitative estimate of drug-likeness (QED) is 0.794. The van der Waals surface area contributed by atoms with E-state index in [2.05, 4.69) is 31.2 Å². The number of hydrogen-bond donors (Lipinski definition) is 1. The zero-order valence-electron chi connectivity index (χ0n) is 14.9. The van der Waals surface area contributed by atoms with Gasteiger partial charge in [0.2, 0.25) is 5.91 Å². The van der Waals surface area contributed by atoms with Crippen LogP contribution in [0.15, 0.2) is 36.5 Å². The van der Waals surface area contributed by atoms with Gasteiger partial charge in [-0.15, -0.1) is 0 Å². The van der Waals surface area contributed by atoms with Gasteiger partial charge in [-0.3, -0.25) is 9.48 Å². The number of amides is 1. The van der Waals surface area contributed by atoms with E-state index in [0.717, 1.165) is 16.9 Å². The van der Waals surface area contributed by atoms with E-state index in [1.807, 2.05) is 24.3 Å². The Hall–Kier alpha value is -2.51. The molecule has 0 aliphatic carbocycles. The summed E-state index contributed by atoms with van der Waals surface area (Å²) in [7, 11) is 0. The Kier molecular flexibility index (Phi) is 5.94. The molecule has 0 bridgehead atoms. The van der Waals surface area contributed by atoms with Gasteiger partial charge in [0, 0.05) is 6.20 Å². The molecule has 1 aromatic carbocycles. The van der Waals surface area contributed by atoms with Crippen molar-refractivity contribution in [2.24, 2.45) is 0 Å². The Balaban J connectivity index is 1.72. The van der Waals surface area contributed by atoms with Crippen LogP contribution in [0.25, 0.3) is 0 Å². The van der Waals surface area contributed by atoms with Crippen molar-refractivity contribution in [2.75, 3.05) is 13.2 Å². The van der Waals surface area contributed by atoms with Crippen LogP contribution in [0.5, 0.6) is 5.75 Å². The fraction of sp³-hybridized carbons (Fsp3) is 0.444. The first-order valence-corrected chi connectivity index (χ1v) is 8.16. The molecule has 0 aliphatic heterocycles. The molecule has 0 spiro atoms. The van der Waals surface area contributed by atoms with Gasteiger partial charge in [0.15, 0.2) is 5.69 Å². The molecule has 1 N–H and O–H groups in total. The van der Waals surface area contributed by atoms with E-state index in [1.165, 1.54) is 5.56 Å². The number of alkyl halides is 3. The van der Waals surface area contributed by atoms with E-state index in [0.29, 0.717) is 5.75 Å². The Bertz CT molecular complexity index is 731. The van der Waals surface area contributed by atoms with E-state index >= 15 is 0 Å². The summed E-state index contributed by atoms with van der Waals surface area (Å²) in [5, 5.41) is 5.90. The summed E-state index contributed by atoms with van der Waals surface area (Å²) in [5.41, 5.74) is 0.230. The zero-order valence-corrected chi connectivity index (χ0v) is 14.9. The van der Waals surface area contributed by atoms with Gasteiger partial charge in [0.05, 0.1) is 6.54 Å². The largest absolute Gasteiger partial charge is 0.492 e. The first-order chi connectivity index (χ1) is 12.1. The molecule has 1 amide bonds. The second kappa shape index (κ2) is 7.80. The molecule has 2 rings (SSSR count). The number of nitrogens with zero attached hydrogens (tertiary/aromatic N) is 2. The number of carbonyl (C=O) groups is 1. The van der Waals surface area contributed by atoms with Crippen LogP contribution in [-0.2, 0) is 22.9 Å². The van der Waals surface area contributed by atoms with Crippen molar-refractivity contribution in [1.29, 1.82) is 0 Å². The number of ether oxygens (including phenoxy) is 1. The molecule has 0 aliphatic rings. The number of halogens is 3. The van der Waals surface area contributed by atoms with Crippen LogP contribution < -0.4 is 10.1 Å². The van der Waals surface area contributed by atoms with Crippen LogP contribution in [0, 0.1) is 0 Å². The van der Waals surface area contributed by atoms with Gasteiger partial charge in [-0.2, -0.15) is 18.3 Å². The molecule has 8 heteroatoms. The lowest BCUT2D eigenvalue weighted by Crippen LogP contribution is -2.31. The molecule has 0 saturated heterocycles. The predicted octanol–water partition coefficient (Wildman–Crippen LogP) is 3.39. The van der Waals surface area contributed by atoms with Crippen molar-refractivity contribution < 1.29 is 22.7 Å². The monoisotopic (exact) mass is 369 g/mol. The maximum absolute atomic E-state index is 12.4. The lowest BCUT2D eigenvalue weighted by molar-refractivity contribution is -0.141. The smallest absolute Gasteiger partial charge is 0.435 e. The average molecular weight is 369 g/mol. The first-order valence-electron chi connectivity index (χ1n) is 8.16. The van der Waals surface area contributed by atoms with Crippen LogP contribution in [-0.4, -0.2) is 28.8 Å². The average Bonchev–Trinajstić information content (AvgIpc) is 3.00. The maximum Gasteiger partial charge on any atom is 0.435 e. The van der Waals surface area contributed by atoms with Crippen LogP contribution in [0.1, 0.15) is 32.0 Å². The van der Waals surface area contributed by atoms with Crippen LogP contribution in [0.2, 0.25) is 0 Å². The van der Waals surface area contributed by atoms with Gasteiger partial charge in [-0.1, -0.05) is 32.9 Å². The number of nitrogens with one attached hydrogen (secondary N) is 1. The second-order valence-corrected chi connectivity index (χ2v) is 6.87. The summed E-state index contributed by atoms with van der Waals surface area (Å²) in [4.78, 5) is 11.7. The second-order valence-electron chi connectivity index (χ2n) is 6.87. The van der Waals surface area contributed by atoms with Crippen molar-refractivity contribution in [3.8, 4) is 5.75 Å². The molecule has 0 fully saturated rings. The third-order valence-corrected chi connectivity index (χ3v) is 3.65. The van der Waals surface area contributed by atoms with E-state index in [-0.39, 0.29) is 25.1 Å². The normalized spacial score (nSPS) is 12.1. The molecule has 2 aromatic rings. The van der Waals surface area contributed by atoms with Gasteiger partial charge in [-0.05, 0) is 29.2 Å². The molecule has 1 heterocycles. The number of hydrogen-bond acceptors (Lipinski definition) is 3. The highest BCUT2D eigenvalue weighted by Crippen LogP contribution is 2.27. The Morgan fingerprint density at radius 3 is 2.35 bits per heavy atom. The third-order valence-electron chi connectivity index (χ3n) is 3.65. The summed E-state index contributed by atoms with van der Waals surface area (Å²) in [6.45, 7) is 6.58. The lowest BCUT2D eigenvalue weighted by atomic mass is 9.87. The standard InChI is InChI=1S/C18H22F3N3O2/c1-17(2,3)13-4-6-14(7-5-13)26-11-9-22-16(25)12-24-10-8-15(23-24)18(19,20)21/h4-8,10H,9,11-12H2,1-3H3,(H,22,25). The molecule has 142 valence electrons. The SMILES string of the molecule is CC(C)(C)c1ccc(OCCNC(=O)Cn2ccc(C(F)(F)F)n2)cc1. The summed E-state index contributed by atoms with van der Waals surface area (Å²) in [5.74, 6) is 0.252. The van der Waals surface area contributed by atoms with Gasteiger partial charge >= 0.3 is 6.18 Å². The Labute approximate surface area is 150 Å². The van der Waals surface area contributed by atoms with Gasteiger partial charge in [0.1, 0.15) is 18.9 Å². The molecular formula is C18H22F3N3O2. The third kappa shape index (κ3) is 5.79.